The van der Waals surface area contributed by atoms with E-state index in [0.717, 1.165) is 49.8 Å². The highest BCUT2D eigenvalue weighted by molar-refractivity contribution is 5.71. The number of rotatable bonds is 4. The van der Waals surface area contributed by atoms with E-state index in [9.17, 15) is 9.90 Å². The first kappa shape index (κ1) is 12.5. The standard InChI is InChI=1S/C16H20O3/c17-16(18)15-7-2-1-6-14(15)11-4-3-5-13(10-11)19-12-8-9-12/h3-5,10,12,14-15H,1-2,6-9H2,(H,17,18). The minimum absolute atomic E-state index is 0.147. The molecule has 102 valence electrons. The Morgan fingerprint density at radius 1 is 1.16 bits per heavy atom. The van der Waals surface area contributed by atoms with Gasteiger partial charge >= 0.3 is 5.97 Å². The van der Waals surface area contributed by atoms with Gasteiger partial charge in [-0.05, 0) is 49.3 Å². The molecule has 3 heteroatoms. The quantitative estimate of drug-likeness (QED) is 0.900. The topological polar surface area (TPSA) is 46.5 Å². The first-order valence-corrected chi connectivity index (χ1v) is 7.23. The van der Waals surface area contributed by atoms with Gasteiger partial charge in [0.25, 0.3) is 0 Å². The molecule has 0 bridgehead atoms. The van der Waals surface area contributed by atoms with Crippen molar-refractivity contribution >= 4 is 5.97 Å². The van der Waals surface area contributed by atoms with Crippen LogP contribution in [0.25, 0.3) is 0 Å². The van der Waals surface area contributed by atoms with E-state index in [1.165, 1.54) is 0 Å². The zero-order valence-electron chi connectivity index (χ0n) is 11.0. The molecule has 0 aromatic heterocycles. The van der Waals surface area contributed by atoms with E-state index in [0.29, 0.717) is 6.10 Å². The Kier molecular flexibility index (Phi) is 3.45. The van der Waals surface area contributed by atoms with Gasteiger partial charge in [-0.15, -0.1) is 0 Å². The largest absolute Gasteiger partial charge is 0.490 e. The summed E-state index contributed by atoms with van der Waals surface area (Å²) in [5.41, 5.74) is 1.13. The predicted octanol–water partition coefficient (Wildman–Crippen LogP) is 3.59. The molecular weight excluding hydrogens is 240 g/mol. The summed E-state index contributed by atoms with van der Waals surface area (Å²) in [6, 6.07) is 8.05. The van der Waals surface area contributed by atoms with E-state index in [2.05, 4.69) is 0 Å². The fraction of sp³-hybridized carbons (Fsp3) is 0.562. The molecule has 1 N–H and O–H groups in total. The highest BCUT2D eigenvalue weighted by Crippen LogP contribution is 2.39. The molecule has 2 atom stereocenters. The Labute approximate surface area is 113 Å². The minimum Gasteiger partial charge on any atom is -0.490 e. The van der Waals surface area contributed by atoms with E-state index in [-0.39, 0.29) is 11.8 Å². The molecule has 0 aliphatic heterocycles. The number of aliphatic carboxylic acids is 1. The van der Waals surface area contributed by atoms with Crippen LogP contribution in [0, 0.1) is 5.92 Å². The molecule has 0 heterocycles. The number of carbonyl (C=O) groups is 1. The van der Waals surface area contributed by atoms with Gasteiger partial charge in [-0.2, -0.15) is 0 Å². The van der Waals surface area contributed by atoms with Crippen LogP contribution in [-0.4, -0.2) is 17.2 Å². The summed E-state index contributed by atoms with van der Waals surface area (Å²) in [6.07, 6.45) is 6.61. The van der Waals surface area contributed by atoms with Crippen molar-refractivity contribution in [3.8, 4) is 5.75 Å². The lowest BCUT2D eigenvalue weighted by molar-refractivity contribution is -0.143. The lowest BCUT2D eigenvalue weighted by Gasteiger charge is -2.29. The molecule has 0 spiro atoms. The molecule has 1 aromatic rings. The van der Waals surface area contributed by atoms with E-state index in [1.54, 1.807) is 0 Å². The Balaban J connectivity index is 1.80. The normalized spacial score (nSPS) is 26.9. The summed E-state index contributed by atoms with van der Waals surface area (Å²) in [7, 11) is 0. The first-order valence-electron chi connectivity index (χ1n) is 7.23. The Morgan fingerprint density at radius 3 is 2.68 bits per heavy atom. The van der Waals surface area contributed by atoms with Crippen LogP contribution < -0.4 is 4.74 Å². The Morgan fingerprint density at radius 2 is 1.95 bits per heavy atom. The third-order valence-corrected chi connectivity index (χ3v) is 4.20. The van der Waals surface area contributed by atoms with E-state index >= 15 is 0 Å². The minimum atomic E-state index is -0.654. The number of ether oxygens (including phenoxy) is 1. The second kappa shape index (κ2) is 5.24. The third kappa shape index (κ3) is 2.91. The average Bonchev–Trinajstić information content (AvgIpc) is 3.23. The number of carboxylic acid groups (broad SMARTS) is 1. The number of hydrogen-bond acceptors (Lipinski definition) is 2. The van der Waals surface area contributed by atoms with Crippen molar-refractivity contribution in [2.24, 2.45) is 5.92 Å². The molecule has 19 heavy (non-hydrogen) atoms. The SMILES string of the molecule is O=C(O)C1CCCCC1c1cccc(OC2CC2)c1. The Hall–Kier alpha value is -1.51. The van der Waals surface area contributed by atoms with Crippen LogP contribution in [0.5, 0.6) is 5.75 Å². The number of carboxylic acids is 1. The van der Waals surface area contributed by atoms with Crippen molar-refractivity contribution in [2.45, 2.75) is 50.5 Å². The molecule has 0 saturated heterocycles. The maximum absolute atomic E-state index is 11.4. The van der Waals surface area contributed by atoms with Crippen LogP contribution in [0.15, 0.2) is 24.3 Å². The van der Waals surface area contributed by atoms with E-state index < -0.39 is 5.97 Å². The number of benzene rings is 1. The van der Waals surface area contributed by atoms with Gasteiger partial charge in [-0.3, -0.25) is 4.79 Å². The van der Waals surface area contributed by atoms with Gasteiger partial charge in [0.1, 0.15) is 5.75 Å². The molecule has 2 saturated carbocycles. The molecule has 3 rings (SSSR count). The molecule has 2 unspecified atom stereocenters. The average molecular weight is 260 g/mol. The monoisotopic (exact) mass is 260 g/mol. The van der Waals surface area contributed by atoms with Gasteiger partial charge in [0, 0.05) is 0 Å². The maximum Gasteiger partial charge on any atom is 0.307 e. The summed E-state index contributed by atoms with van der Waals surface area (Å²) < 4.78 is 5.81. The van der Waals surface area contributed by atoms with Crippen LogP contribution in [0.4, 0.5) is 0 Å². The third-order valence-electron chi connectivity index (χ3n) is 4.20. The molecule has 2 fully saturated rings. The summed E-state index contributed by atoms with van der Waals surface area (Å²) in [5, 5.41) is 9.36. The fourth-order valence-corrected chi connectivity index (χ4v) is 3.02. The van der Waals surface area contributed by atoms with Gasteiger partial charge in [-0.1, -0.05) is 25.0 Å². The molecule has 0 amide bonds. The van der Waals surface area contributed by atoms with Crippen LogP contribution in [-0.2, 0) is 4.79 Å². The van der Waals surface area contributed by atoms with Gasteiger partial charge in [0.2, 0.25) is 0 Å². The fourth-order valence-electron chi connectivity index (χ4n) is 3.02. The van der Waals surface area contributed by atoms with E-state index in [4.69, 9.17) is 4.74 Å². The van der Waals surface area contributed by atoms with Gasteiger partial charge < -0.3 is 9.84 Å². The lowest BCUT2D eigenvalue weighted by Crippen LogP contribution is -2.25. The maximum atomic E-state index is 11.4. The Bertz CT molecular complexity index is 465. The first-order chi connectivity index (χ1) is 9.24. The van der Waals surface area contributed by atoms with Crippen molar-refractivity contribution < 1.29 is 14.6 Å². The summed E-state index contributed by atoms with van der Waals surface area (Å²) in [6.45, 7) is 0. The highest BCUT2D eigenvalue weighted by atomic mass is 16.5. The second-order valence-electron chi connectivity index (χ2n) is 5.73. The van der Waals surface area contributed by atoms with E-state index in [1.807, 2.05) is 24.3 Å². The van der Waals surface area contributed by atoms with Gasteiger partial charge in [0.15, 0.2) is 0 Å². The van der Waals surface area contributed by atoms with Crippen LogP contribution in [0.3, 0.4) is 0 Å². The second-order valence-corrected chi connectivity index (χ2v) is 5.73. The number of hydrogen-bond donors (Lipinski definition) is 1. The van der Waals surface area contributed by atoms with Crippen LogP contribution >= 0.6 is 0 Å². The smallest absolute Gasteiger partial charge is 0.307 e. The van der Waals surface area contributed by atoms with Gasteiger partial charge in [-0.25, -0.2) is 0 Å². The molecule has 1 aromatic carbocycles. The highest BCUT2D eigenvalue weighted by Gasteiger charge is 2.32. The summed E-state index contributed by atoms with van der Waals surface area (Å²) in [4.78, 5) is 11.4. The zero-order valence-corrected chi connectivity index (χ0v) is 11.0. The summed E-state index contributed by atoms with van der Waals surface area (Å²) >= 11 is 0. The molecule has 3 nitrogen and oxygen atoms in total. The van der Waals surface area contributed by atoms with Crippen LogP contribution in [0.1, 0.15) is 50.0 Å². The van der Waals surface area contributed by atoms with Gasteiger partial charge in [0.05, 0.1) is 12.0 Å². The predicted molar refractivity (Wildman–Crippen MR) is 72.4 cm³/mol. The molecule has 0 radical (unpaired) electrons. The van der Waals surface area contributed by atoms with Crippen molar-refractivity contribution in [3.05, 3.63) is 29.8 Å². The summed E-state index contributed by atoms with van der Waals surface area (Å²) in [5.74, 6) is 0.159. The molecule has 2 aliphatic carbocycles. The lowest BCUT2D eigenvalue weighted by atomic mass is 9.75. The van der Waals surface area contributed by atoms with Crippen molar-refractivity contribution in [1.82, 2.24) is 0 Å². The van der Waals surface area contributed by atoms with Crippen molar-refractivity contribution in [2.75, 3.05) is 0 Å². The van der Waals surface area contributed by atoms with Crippen LogP contribution in [0.2, 0.25) is 0 Å². The zero-order chi connectivity index (χ0) is 13.2. The molecular formula is C16H20O3. The van der Waals surface area contributed by atoms with Crippen molar-refractivity contribution in [3.63, 3.8) is 0 Å². The van der Waals surface area contributed by atoms with Crippen molar-refractivity contribution in [1.29, 1.82) is 0 Å². The molecule has 2 aliphatic rings.